The molecule has 0 saturated heterocycles. The van der Waals surface area contributed by atoms with Gasteiger partial charge in [-0.05, 0) is 35.7 Å². The first-order valence-corrected chi connectivity index (χ1v) is 9.32. The van der Waals surface area contributed by atoms with Gasteiger partial charge in [-0.3, -0.25) is 0 Å². The molecule has 0 bridgehead atoms. The zero-order valence-electron chi connectivity index (χ0n) is 14.6. The van der Waals surface area contributed by atoms with Crippen LogP contribution in [0.3, 0.4) is 0 Å². The maximum absolute atomic E-state index is 6.40. The first kappa shape index (κ1) is 18.8. The van der Waals surface area contributed by atoms with Crippen LogP contribution in [-0.4, -0.2) is 0 Å². The van der Waals surface area contributed by atoms with Crippen LogP contribution in [0.1, 0.15) is 29.7 Å². The average molecular weight is 386 g/mol. The van der Waals surface area contributed by atoms with Crippen molar-refractivity contribution in [1.29, 1.82) is 0 Å². The molecule has 2 nitrogen and oxygen atoms in total. The van der Waals surface area contributed by atoms with Crippen LogP contribution in [0.4, 0.5) is 0 Å². The summed E-state index contributed by atoms with van der Waals surface area (Å²) in [6.45, 7) is 3.24. The fraction of sp³-hybridized carbons (Fsp3) is 0.182. The zero-order chi connectivity index (χ0) is 18.4. The van der Waals surface area contributed by atoms with Crippen LogP contribution < -0.4 is 10.1 Å². The Morgan fingerprint density at radius 3 is 2.04 bits per heavy atom. The predicted molar refractivity (Wildman–Crippen MR) is 109 cm³/mol. The lowest BCUT2D eigenvalue weighted by Crippen LogP contribution is -2.18. The first-order chi connectivity index (χ1) is 12.6. The van der Waals surface area contributed by atoms with E-state index < -0.39 is 0 Å². The molecule has 1 N–H and O–H groups in total. The van der Waals surface area contributed by atoms with Gasteiger partial charge in [0.2, 0.25) is 0 Å². The average Bonchev–Trinajstić information content (AvgIpc) is 2.67. The zero-order valence-corrected chi connectivity index (χ0v) is 16.1. The molecule has 0 saturated carbocycles. The van der Waals surface area contributed by atoms with Crippen molar-refractivity contribution in [3.05, 3.63) is 99.5 Å². The predicted octanol–water partition coefficient (Wildman–Crippen LogP) is 6.42. The minimum absolute atomic E-state index is 0.239. The molecule has 0 aliphatic heterocycles. The molecule has 0 unspecified atom stereocenters. The summed E-state index contributed by atoms with van der Waals surface area (Å²) < 4.78 is 5.82. The van der Waals surface area contributed by atoms with Gasteiger partial charge in [-0.2, -0.15) is 0 Å². The lowest BCUT2D eigenvalue weighted by atomic mass is 10.1. The van der Waals surface area contributed by atoms with Gasteiger partial charge in [0, 0.05) is 12.6 Å². The monoisotopic (exact) mass is 385 g/mol. The number of hydrogen-bond acceptors (Lipinski definition) is 2. The lowest BCUT2D eigenvalue weighted by Gasteiger charge is -2.16. The van der Waals surface area contributed by atoms with Crippen molar-refractivity contribution in [3.8, 4) is 5.75 Å². The molecule has 0 heterocycles. The smallest absolute Gasteiger partial charge is 0.156 e. The molecule has 0 aliphatic carbocycles. The number of halogens is 2. The maximum Gasteiger partial charge on any atom is 0.156 e. The van der Waals surface area contributed by atoms with Crippen molar-refractivity contribution in [1.82, 2.24) is 5.32 Å². The highest BCUT2D eigenvalue weighted by Crippen LogP contribution is 2.35. The Hall–Kier alpha value is -2.00. The lowest BCUT2D eigenvalue weighted by molar-refractivity contribution is 0.306. The van der Waals surface area contributed by atoms with Gasteiger partial charge < -0.3 is 10.1 Å². The van der Waals surface area contributed by atoms with Crippen LogP contribution >= 0.6 is 23.2 Å². The summed E-state index contributed by atoms with van der Waals surface area (Å²) in [4.78, 5) is 0. The van der Waals surface area contributed by atoms with E-state index in [9.17, 15) is 0 Å². The third-order valence-corrected chi connectivity index (χ3v) is 4.76. The van der Waals surface area contributed by atoms with Crippen LogP contribution in [0.2, 0.25) is 10.0 Å². The minimum atomic E-state index is 0.239. The Kier molecular flexibility index (Phi) is 6.56. The van der Waals surface area contributed by atoms with E-state index in [-0.39, 0.29) is 6.04 Å². The van der Waals surface area contributed by atoms with Gasteiger partial charge in [-0.15, -0.1) is 0 Å². The summed E-state index contributed by atoms with van der Waals surface area (Å²) >= 11 is 12.8. The van der Waals surface area contributed by atoms with Crippen LogP contribution in [0, 0.1) is 0 Å². The third-order valence-electron chi connectivity index (χ3n) is 4.20. The van der Waals surface area contributed by atoms with Crippen molar-refractivity contribution < 1.29 is 4.74 Å². The standard InChI is InChI=1S/C22H21Cl2NO/c1-16(19-10-6-3-7-11-19)25-14-18-12-20(23)22(21(24)13-18)26-15-17-8-4-2-5-9-17/h2-13,16,25H,14-15H2,1H3/t16-/m0/s1. The van der Waals surface area contributed by atoms with E-state index >= 15 is 0 Å². The van der Waals surface area contributed by atoms with E-state index in [1.54, 1.807) is 0 Å². The van der Waals surface area contributed by atoms with Crippen molar-refractivity contribution in [3.63, 3.8) is 0 Å². The van der Waals surface area contributed by atoms with Crippen molar-refractivity contribution in [2.45, 2.75) is 26.1 Å². The molecule has 0 aliphatic rings. The fourth-order valence-electron chi connectivity index (χ4n) is 2.71. The van der Waals surface area contributed by atoms with E-state index in [1.807, 2.05) is 60.7 Å². The van der Waals surface area contributed by atoms with Crippen molar-refractivity contribution >= 4 is 23.2 Å². The van der Waals surface area contributed by atoms with Crippen LogP contribution in [0.25, 0.3) is 0 Å². The number of rotatable bonds is 7. The van der Waals surface area contributed by atoms with Gasteiger partial charge >= 0.3 is 0 Å². The minimum Gasteiger partial charge on any atom is -0.486 e. The number of ether oxygens (including phenoxy) is 1. The van der Waals surface area contributed by atoms with E-state index in [0.29, 0.717) is 28.9 Å². The molecule has 4 heteroatoms. The molecule has 3 rings (SSSR count). The number of nitrogens with one attached hydrogen (secondary N) is 1. The normalized spacial score (nSPS) is 12.0. The van der Waals surface area contributed by atoms with Gasteiger partial charge in [-0.1, -0.05) is 83.9 Å². The van der Waals surface area contributed by atoms with Gasteiger partial charge in [0.1, 0.15) is 6.61 Å². The molecule has 3 aromatic carbocycles. The van der Waals surface area contributed by atoms with E-state index in [1.165, 1.54) is 5.56 Å². The molecule has 3 aromatic rings. The Morgan fingerprint density at radius 1 is 0.846 bits per heavy atom. The van der Waals surface area contributed by atoms with Crippen LogP contribution in [0.15, 0.2) is 72.8 Å². The second-order valence-electron chi connectivity index (χ2n) is 6.18. The summed E-state index contributed by atoms with van der Waals surface area (Å²) in [5, 5.41) is 4.54. The Balaban J connectivity index is 1.63. The largest absolute Gasteiger partial charge is 0.486 e. The summed E-state index contributed by atoms with van der Waals surface area (Å²) in [5.41, 5.74) is 3.34. The SMILES string of the molecule is C[C@H](NCc1cc(Cl)c(OCc2ccccc2)c(Cl)c1)c1ccccc1. The van der Waals surface area contributed by atoms with Crippen LogP contribution in [0.5, 0.6) is 5.75 Å². The highest BCUT2D eigenvalue weighted by Gasteiger charge is 2.11. The second kappa shape index (κ2) is 9.09. The van der Waals surface area contributed by atoms with Crippen LogP contribution in [-0.2, 0) is 13.2 Å². The molecule has 1 atom stereocenters. The van der Waals surface area contributed by atoms with Gasteiger partial charge in [0.05, 0.1) is 10.0 Å². The topological polar surface area (TPSA) is 21.3 Å². The Labute approximate surface area is 164 Å². The highest BCUT2D eigenvalue weighted by atomic mass is 35.5. The molecule has 26 heavy (non-hydrogen) atoms. The molecular weight excluding hydrogens is 365 g/mol. The first-order valence-electron chi connectivity index (χ1n) is 8.56. The summed E-state index contributed by atoms with van der Waals surface area (Å²) in [6.07, 6.45) is 0. The van der Waals surface area contributed by atoms with E-state index in [4.69, 9.17) is 27.9 Å². The molecule has 0 aromatic heterocycles. The summed E-state index contributed by atoms with van der Waals surface area (Å²) in [5.74, 6) is 0.525. The molecular formula is C22H21Cl2NO. The van der Waals surface area contributed by atoms with Gasteiger partial charge in [0.15, 0.2) is 5.75 Å². The summed E-state index contributed by atoms with van der Waals surface area (Å²) in [7, 11) is 0. The highest BCUT2D eigenvalue weighted by molar-refractivity contribution is 6.37. The maximum atomic E-state index is 6.40. The Morgan fingerprint density at radius 2 is 1.42 bits per heavy atom. The van der Waals surface area contributed by atoms with E-state index in [0.717, 1.165) is 11.1 Å². The molecule has 0 amide bonds. The number of benzene rings is 3. The third kappa shape index (κ3) is 5.01. The quantitative estimate of drug-likeness (QED) is 0.506. The van der Waals surface area contributed by atoms with E-state index in [2.05, 4.69) is 24.4 Å². The summed E-state index contributed by atoms with van der Waals surface area (Å²) in [6, 6.07) is 24.3. The Bertz CT molecular complexity index is 814. The van der Waals surface area contributed by atoms with Crippen molar-refractivity contribution in [2.75, 3.05) is 0 Å². The van der Waals surface area contributed by atoms with Crippen molar-refractivity contribution in [2.24, 2.45) is 0 Å². The molecule has 0 radical (unpaired) electrons. The molecule has 0 spiro atoms. The molecule has 0 fully saturated rings. The number of hydrogen-bond donors (Lipinski definition) is 1. The van der Waals surface area contributed by atoms with Gasteiger partial charge in [0.25, 0.3) is 0 Å². The van der Waals surface area contributed by atoms with Gasteiger partial charge in [-0.25, -0.2) is 0 Å². The molecule has 134 valence electrons. The second-order valence-corrected chi connectivity index (χ2v) is 6.99. The fourth-order valence-corrected chi connectivity index (χ4v) is 3.35.